The van der Waals surface area contributed by atoms with E-state index in [0.717, 1.165) is 31.1 Å². The molecule has 2 fully saturated rings. The Morgan fingerprint density at radius 2 is 2.05 bits per heavy atom. The van der Waals surface area contributed by atoms with Crippen molar-refractivity contribution < 1.29 is 13.5 Å². The van der Waals surface area contributed by atoms with Gasteiger partial charge in [-0.3, -0.25) is 4.90 Å². The van der Waals surface area contributed by atoms with Crippen molar-refractivity contribution in [1.82, 2.24) is 10.2 Å². The molecule has 3 rings (SSSR count). The third-order valence-corrected chi connectivity index (χ3v) is 4.05. The predicted octanol–water partition coefficient (Wildman–Crippen LogP) is 2.61. The minimum atomic E-state index is -2.77. The Balaban J connectivity index is 1.53. The molecule has 1 saturated heterocycles. The average Bonchev–Trinajstić information content (AvgIpc) is 3.17. The number of hydrogen-bond acceptors (Lipinski definition) is 3. The SMILES string of the molecule is FC(F)Oc1ccccc1CN[C@H]1CCN(C2CC2)C1. The van der Waals surface area contributed by atoms with Gasteiger partial charge >= 0.3 is 6.61 Å². The number of alkyl halides is 2. The molecule has 110 valence electrons. The number of nitrogens with one attached hydrogen (secondary N) is 1. The number of likely N-dealkylation sites (tertiary alicyclic amines) is 1. The highest BCUT2D eigenvalue weighted by atomic mass is 19.3. The van der Waals surface area contributed by atoms with E-state index in [0.29, 0.717) is 12.6 Å². The molecule has 0 spiro atoms. The highest BCUT2D eigenvalue weighted by Gasteiger charge is 2.34. The number of benzene rings is 1. The van der Waals surface area contributed by atoms with Gasteiger partial charge in [0.25, 0.3) is 0 Å². The van der Waals surface area contributed by atoms with Gasteiger partial charge in [-0.2, -0.15) is 8.78 Å². The van der Waals surface area contributed by atoms with E-state index < -0.39 is 6.61 Å². The molecule has 0 unspecified atom stereocenters. The largest absolute Gasteiger partial charge is 0.434 e. The Bertz CT molecular complexity index is 451. The van der Waals surface area contributed by atoms with E-state index in [2.05, 4.69) is 15.0 Å². The fourth-order valence-electron chi connectivity index (χ4n) is 2.84. The molecule has 2 aliphatic rings. The lowest BCUT2D eigenvalue weighted by molar-refractivity contribution is -0.0505. The zero-order valence-electron chi connectivity index (χ0n) is 11.4. The maximum atomic E-state index is 12.3. The fourth-order valence-corrected chi connectivity index (χ4v) is 2.84. The van der Waals surface area contributed by atoms with Crippen molar-refractivity contribution >= 4 is 0 Å². The van der Waals surface area contributed by atoms with Gasteiger partial charge in [0.05, 0.1) is 0 Å². The Labute approximate surface area is 117 Å². The van der Waals surface area contributed by atoms with Gasteiger partial charge in [-0.05, 0) is 25.3 Å². The monoisotopic (exact) mass is 282 g/mol. The molecule has 20 heavy (non-hydrogen) atoms. The first-order chi connectivity index (χ1) is 9.72. The maximum absolute atomic E-state index is 12.3. The van der Waals surface area contributed by atoms with Gasteiger partial charge in [0.1, 0.15) is 5.75 Å². The molecule has 1 N–H and O–H groups in total. The van der Waals surface area contributed by atoms with Crippen LogP contribution in [-0.4, -0.2) is 36.7 Å². The normalized spacial score (nSPS) is 23.4. The molecule has 5 heteroatoms. The molecular weight excluding hydrogens is 262 g/mol. The summed E-state index contributed by atoms with van der Waals surface area (Å²) in [6.45, 7) is 0.0274. The smallest absolute Gasteiger partial charge is 0.387 e. The summed E-state index contributed by atoms with van der Waals surface area (Å²) in [6.07, 6.45) is 3.80. The van der Waals surface area contributed by atoms with Crippen LogP contribution in [0.3, 0.4) is 0 Å². The summed E-state index contributed by atoms with van der Waals surface area (Å²) in [7, 11) is 0. The molecule has 1 atom stereocenters. The van der Waals surface area contributed by atoms with E-state index >= 15 is 0 Å². The molecule has 1 heterocycles. The van der Waals surface area contributed by atoms with Crippen LogP contribution in [0.15, 0.2) is 24.3 Å². The fraction of sp³-hybridized carbons (Fsp3) is 0.600. The molecule has 0 aromatic heterocycles. The second kappa shape index (κ2) is 6.06. The average molecular weight is 282 g/mol. The van der Waals surface area contributed by atoms with Crippen molar-refractivity contribution in [2.75, 3.05) is 13.1 Å². The van der Waals surface area contributed by atoms with E-state index in [4.69, 9.17) is 0 Å². The van der Waals surface area contributed by atoms with Crippen LogP contribution in [0.5, 0.6) is 5.75 Å². The molecule has 1 aliphatic heterocycles. The van der Waals surface area contributed by atoms with Crippen molar-refractivity contribution in [3.63, 3.8) is 0 Å². The van der Waals surface area contributed by atoms with Crippen molar-refractivity contribution in [1.29, 1.82) is 0 Å². The lowest BCUT2D eigenvalue weighted by Gasteiger charge is -2.17. The van der Waals surface area contributed by atoms with Crippen LogP contribution in [0.1, 0.15) is 24.8 Å². The molecular formula is C15H20F2N2O. The van der Waals surface area contributed by atoms with Crippen molar-refractivity contribution in [3.8, 4) is 5.75 Å². The van der Waals surface area contributed by atoms with Gasteiger partial charge in [-0.15, -0.1) is 0 Å². The zero-order valence-corrected chi connectivity index (χ0v) is 11.4. The van der Waals surface area contributed by atoms with Crippen LogP contribution in [-0.2, 0) is 6.54 Å². The van der Waals surface area contributed by atoms with Gasteiger partial charge < -0.3 is 10.1 Å². The quantitative estimate of drug-likeness (QED) is 0.868. The van der Waals surface area contributed by atoms with Gasteiger partial charge in [-0.1, -0.05) is 18.2 Å². The summed E-state index contributed by atoms with van der Waals surface area (Å²) in [5.41, 5.74) is 0.790. The first-order valence-corrected chi connectivity index (χ1v) is 7.22. The molecule has 1 aromatic rings. The molecule has 1 aliphatic carbocycles. The first-order valence-electron chi connectivity index (χ1n) is 7.22. The Kier molecular flexibility index (Phi) is 4.17. The van der Waals surface area contributed by atoms with E-state index in [1.54, 1.807) is 12.1 Å². The minimum absolute atomic E-state index is 0.270. The summed E-state index contributed by atoms with van der Waals surface area (Å²) in [5.74, 6) is 0.270. The standard InChI is InChI=1S/C15H20F2N2O/c16-15(17)20-14-4-2-1-3-11(14)9-18-12-7-8-19(10-12)13-5-6-13/h1-4,12-13,15,18H,5-10H2/t12-/m0/s1. The van der Waals surface area contributed by atoms with Crippen LogP contribution in [0, 0.1) is 0 Å². The van der Waals surface area contributed by atoms with Crippen LogP contribution >= 0.6 is 0 Å². The van der Waals surface area contributed by atoms with Crippen LogP contribution in [0.4, 0.5) is 8.78 Å². The zero-order chi connectivity index (χ0) is 13.9. The van der Waals surface area contributed by atoms with Crippen molar-refractivity contribution in [3.05, 3.63) is 29.8 Å². The van der Waals surface area contributed by atoms with Gasteiger partial charge in [0, 0.05) is 37.3 Å². The summed E-state index contributed by atoms with van der Waals surface area (Å²) in [6, 6.07) is 8.24. The summed E-state index contributed by atoms with van der Waals surface area (Å²) in [5, 5.41) is 3.46. The lowest BCUT2D eigenvalue weighted by atomic mass is 10.2. The number of nitrogens with zero attached hydrogens (tertiary/aromatic N) is 1. The van der Waals surface area contributed by atoms with E-state index in [1.165, 1.54) is 12.8 Å². The molecule has 1 saturated carbocycles. The molecule has 0 amide bonds. The Morgan fingerprint density at radius 3 is 2.80 bits per heavy atom. The summed E-state index contributed by atoms with van der Waals surface area (Å²) < 4.78 is 29.2. The number of para-hydroxylation sites is 1. The number of hydrogen-bond donors (Lipinski definition) is 1. The molecule has 1 aromatic carbocycles. The number of rotatable bonds is 6. The van der Waals surface area contributed by atoms with E-state index in [9.17, 15) is 8.78 Å². The highest BCUT2D eigenvalue weighted by molar-refractivity contribution is 5.33. The van der Waals surface area contributed by atoms with Gasteiger partial charge in [0.15, 0.2) is 0 Å². The Morgan fingerprint density at radius 1 is 1.25 bits per heavy atom. The number of ether oxygens (including phenoxy) is 1. The summed E-state index contributed by atoms with van der Waals surface area (Å²) in [4.78, 5) is 2.53. The second-order valence-electron chi connectivity index (χ2n) is 5.58. The molecule has 0 bridgehead atoms. The van der Waals surface area contributed by atoms with Crippen LogP contribution in [0.2, 0.25) is 0 Å². The van der Waals surface area contributed by atoms with Crippen molar-refractivity contribution in [2.24, 2.45) is 0 Å². The lowest BCUT2D eigenvalue weighted by Crippen LogP contribution is -2.33. The van der Waals surface area contributed by atoms with Crippen molar-refractivity contribution in [2.45, 2.75) is 44.5 Å². The molecule has 3 nitrogen and oxygen atoms in total. The van der Waals surface area contributed by atoms with E-state index in [1.807, 2.05) is 12.1 Å². The summed E-state index contributed by atoms with van der Waals surface area (Å²) >= 11 is 0. The van der Waals surface area contributed by atoms with E-state index in [-0.39, 0.29) is 5.75 Å². The third-order valence-electron chi connectivity index (χ3n) is 4.05. The first kappa shape index (κ1) is 13.8. The molecule has 0 radical (unpaired) electrons. The van der Waals surface area contributed by atoms with Gasteiger partial charge in [0.2, 0.25) is 0 Å². The van der Waals surface area contributed by atoms with Crippen LogP contribution < -0.4 is 10.1 Å². The van der Waals surface area contributed by atoms with Crippen LogP contribution in [0.25, 0.3) is 0 Å². The Hall–Kier alpha value is -1.20. The topological polar surface area (TPSA) is 24.5 Å². The highest BCUT2D eigenvalue weighted by Crippen LogP contribution is 2.30. The van der Waals surface area contributed by atoms with Gasteiger partial charge in [-0.25, -0.2) is 0 Å². The third kappa shape index (κ3) is 3.46. The number of halogens is 2. The predicted molar refractivity (Wildman–Crippen MR) is 72.9 cm³/mol. The minimum Gasteiger partial charge on any atom is -0.434 e. The maximum Gasteiger partial charge on any atom is 0.387 e. The second-order valence-corrected chi connectivity index (χ2v) is 5.58.